The molecule has 0 aliphatic rings. The summed E-state index contributed by atoms with van der Waals surface area (Å²) in [7, 11) is 1.68. The number of hydrogen-bond donors (Lipinski definition) is 0. The Morgan fingerprint density at radius 1 is 1.27 bits per heavy atom. The molecule has 0 aliphatic heterocycles. The van der Waals surface area contributed by atoms with E-state index < -0.39 is 12.4 Å². The molecule has 15 heavy (non-hydrogen) atoms. The van der Waals surface area contributed by atoms with Crippen molar-refractivity contribution in [1.29, 1.82) is 0 Å². The summed E-state index contributed by atoms with van der Waals surface area (Å²) in [5, 5.41) is 4.63. The molecule has 0 N–H and O–H groups in total. The van der Waals surface area contributed by atoms with Crippen LogP contribution in [0.25, 0.3) is 10.9 Å². The molecule has 0 spiro atoms. The molecule has 1 heterocycles. The van der Waals surface area contributed by atoms with E-state index >= 15 is 0 Å². The van der Waals surface area contributed by atoms with Gasteiger partial charge in [-0.1, -0.05) is 18.2 Å². The monoisotopic (exact) mass is 238 g/mol. The van der Waals surface area contributed by atoms with E-state index in [1.807, 2.05) is 0 Å². The van der Waals surface area contributed by atoms with Gasteiger partial charge in [0.15, 0.2) is 0 Å². The number of rotatable bonds is 1. The molecule has 2 nitrogen and oxygen atoms in total. The van der Waals surface area contributed by atoms with Gasteiger partial charge in [-0.25, -0.2) is 0 Å². The second-order valence-electron chi connectivity index (χ2n) is 3.20. The van der Waals surface area contributed by atoms with Gasteiger partial charge in [0.1, 0.15) is 0 Å². The summed E-state index contributed by atoms with van der Waals surface area (Å²) in [6, 6.07) is 3.60. The van der Waals surface area contributed by atoms with Gasteiger partial charge in [-0.05, 0) is 0 Å². The molecule has 0 radical (unpaired) electrons. The Morgan fingerprint density at radius 3 is 2.53 bits per heavy atom. The maximum Gasteiger partial charge on any atom is 1.00 e. The number of nitrogens with zero attached hydrogens (tertiary/aromatic N) is 2. The third-order valence-electron chi connectivity index (χ3n) is 2.02. The Hall–Kier alpha value is 0.181. The van der Waals surface area contributed by atoms with Crippen LogP contribution in [0, 0.1) is 0 Å². The average molecular weight is 238 g/mol. The number of hydrogen-bond acceptors (Lipinski definition) is 1. The molecule has 1 aromatic heterocycles. The molecular formula is C8H7BF3KN2. The maximum absolute atomic E-state index is 12.4. The normalized spacial score (nSPS) is 11.5. The number of aryl methyl sites for hydroxylation is 1. The fourth-order valence-electron chi connectivity index (χ4n) is 1.36. The Labute approximate surface area is 127 Å². The molecule has 0 bridgehead atoms. The zero-order chi connectivity index (χ0) is 10.3. The van der Waals surface area contributed by atoms with Crippen molar-refractivity contribution in [3.8, 4) is 0 Å². The molecule has 0 saturated heterocycles. The molecule has 1 aromatic carbocycles. The Morgan fingerprint density at radius 2 is 1.93 bits per heavy atom. The molecule has 0 amide bonds. The standard InChI is InChI=1S/C8H7BF3N2.K/c1-14-5-6-2-3-7(9(10,11)12)4-8(6)13-14;/h2-5H,1H3;/q-1;+1. The van der Waals surface area contributed by atoms with Crippen molar-refractivity contribution in [3.05, 3.63) is 24.4 Å². The Balaban J connectivity index is 0.00000112. The van der Waals surface area contributed by atoms with E-state index in [1.54, 1.807) is 13.2 Å². The minimum Gasteiger partial charge on any atom is -0.445 e. The summed E-state index contributed by atoms with van der Waals surface area (Å²) in [5.74, 6) is 0. The Kier molecular flexibility index (Phi) is 4.05. The van der Waals surface area contributed by atoms with Crippen LogP contribution in [0.5, 0.6) is 0 Å². The molecule has 0 aliphatic carbocycles. The molecule has 0 atom stereocenters. The van der Waals surface area contributed by atoms with Crippen molar-refractivity contribution in [2.24, 2.45) is 7.05 Å². The quantitative estimate of drug-likeness (QED) is 0.560. The van der Waals surface area contributed by atoms with Crippen LogP contribution in [0.4, 0.5) is 12.9 Å². The summed E-state index contributed by atoms with van der Waals surface area (Å²) in [5.41, 5.74) is -0.222. The van der Waals surface area contributed by atoms with Crippen molar-refractivity contribution in [2.45, 2.75) is 0 Å². The van der Waals surface area contributed by atoms with Gasteiger partial charge in [-0.3, -0.25) is 4.68 Å². The summed E-state index contributed by atoms with van der Waals surface area (Å²) < 4.78 is 38.5. The molecule has 2 aromatic rings. The summed E-state index contributed by atoms with van der Waals surface area (Å²) in [6.45, 7) is -4.93. The first-order chi connectivity index (χ1) is 6.47. The van der Waals surface area contributed by atoms with Crippen LogP contribution >= 0.6 is 0 Å². The van der Waals surface area contributed by atoms with Crippen molar-refractivity contribution in [2.75, 3.05) is 0 Å². The van der Waals surface area contributed by atoms with Crippen LogP contribution < -0.4 is 56.8 Å². The first-order valence-electron chi connectivity index (χ1n) is 4.10. The van der Waals surface area contributed by atoms with Crippen LogP contribution in [0.15, 0.2) is 24.4 Å². The molecule has 74 valence electrons. The predicted octanol–water partition coefficient (Wildman–Crippen LogP) is -1.37. The smallest absolute Gasteiger partial charge is 0.445 e. The summed E-state index contributed by atoms with van der Waals surface area (Å²) in [6.07, 6.45) is 1.68. The van der Waals surface area contributed by atoms with Gasteiger partial charge in [0, 0.05) is 18.6 Å². The summed E-state index contributed by atoms with van der Waals surface area (Å²) in [4.78, 5) is 0. The van der Waals surface area contributed by atoms with Crippen LogP contribution in [0.2, 0.25) is 0 Å². The number of aromatic nitrogens is 2. The zero-order valence-electron chi connectivity index (χ0n) is 8.42. The van der Waals surface area contributed by atoms with Gasteiger partial charge >= 0.3 is 58.4 Å². The number of halogens is 3. The molecule has 7 heteroatoms. The molecular weight excluding hydrogens is 231 g/mol. The first kappa shape index (κ1) is 13.2. The fraction of sp³-hybridized carbons (Fsp3) is 0.125. The Bertz CT molecular complexity index is 480. The maximum atomic E-state index is 12.4. The minimum absolute atomic E-state index is 0. The van der Waals surface area contributed by atoms with E-state index in [4.69, 9.17) is 0 Å². The SMILES string of the molecule is Cn1cc2ccc([B-](F)(F)F)cc2n1.[K+]. The van der Waals surface area contributed by atoms with Crippen molar-refractivity contribution >= 4 is 23.3 Å². The molecule has 0 unspecified atom stereocenters. The van der Waals surface area contributed by atoms with Gasteiger partial charge in [0.2, 0.25) is 0 Å². The second-order valence-corrected chi connectivity index (χ2v) is 3.20. The van der Waals surface area contributed by atoms with Crippen LogP contribution in [-0.2, 0) is 7.05 Å². The second kappa shape index (κ2) is 4.59. The van der Waals surface area contributed by atoms with Gasteiger partial charge in [-0.15, -0.1) is 5.46 Å². The molecule has 0 saturated carbocycles. The van der Waals surface area contributed by atoms with Crippen molar-refractivity contribution in [3.63, 3.8) is 0 Å². The molecule has 2 rings (SSSR count). The fourth-order valence-corrected chi connectivity index (χ4v) is 1.36. The predicted molar refractivity (Wildman–Crippen MR) is 49.4 cm³/mol. The van der Waals surface area contributed by atoms with E-state index in [-0.39, 0.29) is 51.4 Å². The van der Waals surface area contributed by atoms with Crippen LogP contribution in [-0.4, -0.2) is 16.8 Å². The first-order valence-corrected chi connectivity index (χ1v) is 4.10. The topological polar surface area (TPSA) is 17.8 Å². The van der Waals surface area contributed by atoms with Crippen molar-refractivity contribution in [1.82, 2.24) is 9.78 Å². The van der Waals surface area contributed by atoms with Crippen LogP contribution in [0.1, 0.15) is 0 Å². The van der Waals surface area contributed by atoms with E-state index in [9.17, 15) is 12.9 Å². The van der Waals surface area contributed by atoms with Gasteiger partial charge in [-0.2, -0.15) is 5.10 Å². The largest absolute Gasteiger partial charge is 1.00 e. The van der Waals surface area contributed by atoms with Gasteiger partial charge < -0.3 is 12.9 Å². The van der Waals surface area contributed by atoms with E-state index in [0.29, 0.717) is 5.52 Å². The van der Waals surface area contributed by atoms with E-state index in [2.05, 4.69) is 5.10 Å². The van der Waals surface area contributed by atoms with Gasteiger partial charge in [0.05, 0.1) is 5.52 Å². The van der Waals surface area contributed by atoms with E-state index in [1.165, 1.54) is 10.7 Å². The average Bonchev–Trinajstić information content (AvgIpc) is 2.41. The third-order valence-corrected chi connectivity index (χ3v) is 2.02. The van der Waals surface area contributed by atoms with Crippen molar-refractivity contribution < 1.29 is 64.3 Å². The van der Waals surface area contributed by atoms with E-state index in [0.717, 1.165) is 17.5 Å². The minimum atomic E-state index is -4.93. The number of benzene rings is 1. The van der Waals surface area contributed by atoms with Crippen LogP contribution in [0.3, 0.4) is 0 Å². The third kappa shape index (κ3) is 2.85. The summed E-state index contributed by atoms with van der Waals surface area (Å²) >= 11 is 0. The zero-order valence-corrected chi connectivity index (χ0v) is 11.5. The van der Waals surface area contributed by atoms with Gasteiger partial charge in [0.25, 0.3) is 0 Å². The molecule has 0 fully saturated rings. The number of fused-ring (bicyclic) bond motifs is 1.